The predicted molar refractivity (Wildman–Crippen MR) is 160 cm³/mol. The van der Waals surface area contributed by atoms with Crippen LogP contribution in [-0.4, -0.2) is 53.7 Å². The molecule has 4 aromatic rings. The number of halogens is 2. The lowest BCUT2D eigenvalue weighted by Gasteiger charge is -2.33. The summed E-state index contributed by atoms with van der Waals surface area (Å²) in [6.07, 6.45) is 4.64. The second kappa shape index (κ2) is 11.2. The number of benzene rings is 2. The van der Waals surface area contributed by atoms with Crippen molar-refractivity contribution in [2.24, 2.45) is 5.92 Å². The zero-order valence-electron chi connectivity index (χ0n) is 23.8. The van der Waals surface area contributed by atoms with Crippen molar-refractivity contribution in [1.29, 1.82) is 0 Å². The van der Waals surface area contributed by atoms with E-state index >= 15 is 4.39 Å². The molecule has 3 heterocycles. The van der Waals surface area contributed by atoms with Gasteiger partial charge in [-0.1, -0.05) is 0 Å². The Morgan fingerprint density at radius 1 is 1.02 bits per heavy atom. The first-order valence-electron chi connectivity index (χ1n) is 13.6. The highest BCUT2D eigenvalue weighted by molar-refractivity contribution is 7.94. The fraction of sp³-hybridized carbons (Fsp3) is 0.345. The van der Waals surface area contributed by atoms with Crippen LogP contribution in [-0.2, 0) is 14.8 Å². The van der Waals surface area contributed by atoms with E-state index in [1.54, 1.807) is 42.2 Å². The SMILES string of the molecule is CNC(=O)C1CCN(c2ccc(Nc3ncc4ccn(-c5ccc(F)c(NS(=O)(=O)C(C)(C)C)c5)c4n3)cc2F)CC1. The fourth-order valence-electron chi connectivity index (χ4n) is 4.78. The zero-order valence-corrected chi connectivity index (χ0v) is 24.6. The summed E-state index contributed by atoms with van der Waals surface area (Å²) in [5.41, 5.74) is 1.72. The van der Waals surface area contributed by atoms with Gasteiger partial charge in [0.25, 0.3) is 0 Å². The van der Waals surface area contributed by atoms with Crippen molar-refractivity contribution in [3.8, 4) is 5.69 Å². The van der Waals surface area contributed by atoms with E-state index in [9.17, 15) is 17.6 Å². The van der Waals surface area contributed by atoms with E-state index in [2.05, 4.69) is 25.3 Å². The molecule has 0 bridgehead atoms. The standard InChI is InChI=1S/C29H33F2N7O3S/c1-29(2,3)42(40,41)36-24-16-21(6-7-22(24)30)38-14-11-19-17-33-28(35-26(19)38)34-20-5-8-25(23(31)15-20)37-12-9-18(10-13-37)27(39)32-4/h5-8,11,14-18,36H,9-10,12-13H2,1-4H3,(H,32,39)(H,33,34,35). The first kappa shape index (κ1) is 29.2. The Morgan fingerprint density at radius 3 is 2.43 bits per heavy atom. The van der Waals surface area contributed by atoms with Crippen LogP contribution in [0.2, 0.25) is 0 Å². The van der Waals surface area contributed by atoms with Crippen LogP contribution in [0, 0.1) is 17.6 Å². The molecule has 10 nitrogen and oxygen atoms in total. The van der Waals surface area contributed by atoms with Crippen molar-refractivity contribution in [2.45, 2.75) is 38.4 Å². The van der Waals surface area contributed by atoms with Gasteiger partial charge in [0, 0.05) is 55.2 Å². The van der Waals surface area contributed by atoms with E-state index in [1.165, 1.54) is 45.0 Å². The topological polar surface area (TPSA) is 121 Å². The number of rotatable bonds is 7. The fourth-order valence-corrected chi connectivity index (χ4v) is 5.53. The largest absolute Gasteiger partial charge is 0.369 e. The number of hydrogen-bond donors (Lipinski definition) is 3. The zero-order chi connectivity index (χ0) is 30.2. The molecular formula is C29H33F2N7O3S. The lowest BCUT2D eigenvalue weighted by Crippen LogP contribution is -2.39. The quantitative estimate of drug-likeness (QED) is 0.276. The Bertz CT molecular complexity index is 1740. The number of carbonyl (C=O) groups is 1. The summed E-state index contributed by atoms with van der Waals surface area (Å²) < 4.78 is 57.8. The molecule has 0 unspecified atom stereocenters. The molecule has 3 N–H and O–H groups in total. The molecule has 1 aliphatic rings. The number of amides is 1. The predicted octanol–water partition coefficient (Wildman–Crippen LogP) is 4.94. The number of carbonyl (C=O) groups excluding carboxylic acids is 1. The lowest BCUT2D eigenvalue weighted by molar-refractivity contribution is -0.125. The van der Waals surface area contributed by atoms with Gasteiger partial charge >= 0.3 is 0 Å². The molecule has 2 aromatic heterocycles. The van der Waals surface area contributed by atoms with Crippen molar-refractivity contribution >= 4 is 50.0 Å². The van der Waals surface area contributed by atoms with E-state index in [-0.39, 0.29) is 23.5 Å². The summed E-state index contributed by atoms with van der Waals surface area (Å²) in [6, 6.07) is 10.7. The smallest absolute Gasteiger partial charge is 0.237 e. The maximum absolute atomic E-state index is 15.1. The Hall–Kier alpha value is -4.26. The summed E-state index contributed by atoms with van der Waals surface area (Å²) in [5.74, 6) is -0.934. The summed E-state index contributed by atoms with van der Waals surface area (Å²) in [4.78, 5) is 22.8. The van der Waals surface area contributed by atoms with E-state index in [0.29, 0.717) is 54.0 Å². The van der Waals surface area contributed by atoms with Gasteiger partial charge in [-0.15, -0.1) is 0 Å². The number of hydrogen-bond acceptors (Lipinski definition) is 7. The minimum Gasteiger partial charge on any atom is -0.369 e. The maximum Gasteiger partial charge on any atom is 0.237 e. The molecule has 5 rings (SSSR count). The van der Waals surface area contributed by atoms with Gasteiger partial charge in [-0.3, -0.25) is 9.52 Å². The minimum absolute atomic E-state index is 0.0165. The highest BCUT2D eigenvalue weighted by atomic mass is 32.2. The van der Waals surface area contributed by atoms with Gasteiger partial charge in [0.05, 0.1) is 16.1 Å². The molecule has 1 amide bonds. The summed E-state index contributed by atoms with van der Waals surface area (Å²) in [7, 11) is -2.22. The molecule has 1 saturated heterocycles. The number of aromatic nitrogens is 3. The van der Waals surface area contributed by atoms with Gasteiger partial charge < -0.3 is 20.1 Å². The van der Waals surface area contributed by atoms with Gasteiger partial charge in [0.15, 0.2) is 0 Å². The molecule has 42 heavy (non-hydrogen) atoms. The minimum atomic E-state index is -3.85. The average molecular weight is 598 g/mol. The van der Waals surface area contributed by atoms with Crippen LogP contribution >= 0.6 is 0 Å². The number of sulfonamides is 1. The molecule has 1 aliphatic heterocycles. The highest BCUT2D eigenvalue weighted by Gasteiger charge is 2.30. The van der Waals surface area contributed by atoms with Crippen molar-refractivity contribution in [3.63, 3.8) is 0 Å². The van der Waals surface area contributed by atoms with Gasteiger partial charge in [-0.05, 0) is 76.1 Å². The van der Waals surface area contributed by atoms with Crippen LogP contribution in [0.3, 0.4) is 0 Å². The van der Waals surface area contributed by atoms with Crippen LogP contribution in [0.25, 0.3) is 16.7 Å². The highest BCUT2D eigenvalue weighted by Crippen LogP contribution is 2.30. The second-order valence-electron chi connectivity index (χ2n) is 11.2. The van der Waals surface area contributed by atoms with Crippen LogP contribution in [0.4, 0.5) is 31.8 Å². The molecule has 2 aromatic carbocycles. The van der Waals surface area contributed by atoms with E-state index in [4.69, 9.17) is 0 Å². The first-order chi connectivity index (χ1) is 19.9. The second-order valence-corrected chi connectivity index (χ2v) is 13.6. The number of nitrogens with zero attached hydrogens (tertiary/aromatic N) is 4. The van der Waals surface area contributed by atoms with Crippen LogP contribution < -0.4 is 20.3 Å². The molecule has 0 saturated carbocycles. The van der Waals surface area contributed by atoms with E-state index in [0.717, 1.165) is 0 Å². The van der Waals surface area contributed by atoms with Crippen molar-refractivity contribution in [2.75, 3.05) is 35.1 Å². The third-order valence-corrected chi connectivity index (χ3v) is 9.46. The summed E-state index contributed by atoms with van der Waals surface area (Å²) in [6.45, 7) is 5.75. The Labute approximate surface area is 243 Å². The molecule has 0 radical (unpaired) electrons. The van der Waals surface area contributed by atoms with Gasteiger partial charge in [-0.2, -0.15) is 4.98 Å². The molecular weight excluding hydrogens is 564 g/mol. The van der Waals surface area contributed by atoms with Gasteiger partial charge in [-0.25, -0.2) is 22.2 Å². The molecule has 222 valence electrons. The summed E-state index contributed by atoms with van der Waals surface area (Å²) in [5, 5.41) is 6.41. The molecule has 13 heteroatoms. The Morgan fingerprint density at radius 2 is 1.76 bits per heavy atom. The Balaban J connectivity index is 1.36. The van der Waals surface area contributed by atoms with Gasteiger partial charge in [0.2, 0.25) is 21.9 Å². The van der Waals surface area contributed by atoms with Crippen LogP contribution in [0.1, 0.15) is 33.6 Å². The molecule has 0 atom stereocenters. The number of fused-ring (bicyclic) bond motifs is 1. The third-order valence-electron chi connectivity index (χ3n) is 7.36. The summed E-state index contributed by atoms with van der Waals surface area (Å²) >= 11 is 0. The first-order valence-corrected chi connectivity index (χ1v) is 15.0. The molecule has 0 aliphatic carbocycles. The normalized spacial score (nSPS) is 14.7. The number of anilines is 4. The maximum atomic E-state index is 15.1. The van der Waals surface area contributed by atoms with E-state index in [1.807, 2.05) is 4.90 Å². The molecule has 0 spiro atoms. The molecule has 1 fully saturated rings. The lowest BCUT2D eigenvalue weighted by atomic mass is 9.95. The number of piperidine rings is 1. The van der Waals surface area contributed by atoms with Crippen LogP contribution in [0.5, 0.6) is 0 Å². The van der Waals surface area contributed by atoms with Crippen molar-refractivity contribution in [1.82, 2.24) is 19.9 Å². The van der Waals surface area contributed by atoms with Crippen LogP contribution in [0.15, 0.2) is 54.9 Å². The monoisotopic (exact) mass is 597 g/mol. The Kier molecular flexibility index (Phi) is 7.80. The van der Waals surface area contributed by atoms with Crippen molar-refractivity contribution < 1.29 is 22.0 Å². The number of nitrogens with one attached hydrogen (secondary N) is 3. The van der Waals surface area contributed by atoms with Gasteiger partial charge in [0.1, 0.15) is 17.3 Å². The van der Waals surface area contributed by atoms with Crippen molar-refractivity contribution in [3.05, 3.63) is 66.5 Å². The third kappa shape index (κ3) is 5.87. The average Bonchev–Trinajstić information content (AvgIpc) is 3.36. The van der Waals surface area contributed by atoms with E-state index < -0.39 is 26.4 Å².